The molecule has 0 saturated carbocycles. The molecule has 0 aliphatic heterocycles. The standard InChI is InChI=1S/C15H15F2N3O2S/c1-3-8(2)18-14(22)12-7-23-15(19-12)20-13(21)9-4-5-10(16)11(17)6-9/h4-8H,3H2,1-2H3,(H,18,22)(H,19,20,21)/t8-/m0/s1. The van der Waals surface area contributed by atoms with E-state index in [0.29, 0.717) is 0 Å². The number of benzene rings is 1. The maximum Gasteiger partial charge on any atom is 0.271 e. The van der Waals surface area contributed by atoms with Crippen molar-refractivity contribution in [3.8, 4) is 0 Å². The maximum atomic E-state index is 13.1. The van der Waals surface area contributed by atoms with Gasteiger partial charge < -0.3 is 5.32 Å². The van der Waals surface area contributed by atoms with Crippen LogP contribution in [0.3, 0.4) is 0 Å². The summed E-state index contributed by atoms with van der Waals surface area (Å²) < 4.78 is 26.0. The van der Waals surface area contributed by atoms with Crippen LogP contribution in [0.15, 0.2) is 23.6 Å². The largest absolute Gasteiger partial charge is 0.348 e. The Labute approximate surface area is 135 Å². The molecule has 0 spiro atoms. The summed E-state index contributed by atoms with van der Waals surface area (Å²) in [4.78, 5) is 27.9. The number of hydrogen-bond donors (Lipinski definition) is 2. The van der Waals surface area contributed by atoms with Crippen LogP contribution in [0.5, 0.6) is 0 Å². The molecule has 122 valence electrons. The first kappa shape index (κ1) is 17.0. The number of thiazole rings is 1. The summed E-state index contributed by atoms with van der Waals surface area (Å²) in [6.45, 7) is 3.81. The van der Waals surface area contributed by atoms with Crippen molar-refractivity contribution in [1.82, 2.24) is 10.3 Å². The van der Waals surface area contributed by atoms with Crippen LogP contribution in [0.25, 0.3) is 0 Å². The second kappa shape index (κ2) is 7.28. The fourth-order valence-corrected chi connectivity index (χ4v) is 2.33. The highest BCUT2D eigenvalue weighted by molar-refractivity contribution is 7.14. The highest BCUT2D eigenvalue weighted by atomic mass is 32.1. The lowest BCUT2D eigenvalue weighted by molar-refractivity contribution is 0.0933. The Morgan fingerprint density at radius 1 is 1.26 bits per heavy atom. The van der Waals surface area contributed by atoms with Gasteiger partial charge in [0.05, 0.1) is 0 Å². The Hall–Kier alpha value is -2.35. The number of nitrogens with zero attached hydrogens (tertiary/aromatic N) is 1. The summed E-state index contributed by atoms with van der Waals surface area (Å²) in [6, 6.07) is 2.86. The summed E-state index contributed by atoms with van der Waals surface area (Å²) in [7, 11) is 0. The van der Waals surface area contributed by atoms with Gasteiger partial charge in [-0.15, -0.1) is 11.3 Å². The Kier molecular flexibility index (Phi) is 5.38. The molecule has 1 aromatic heterocycles. The Morgan fingerprint density at radius 3 is 2.65 bits per heavy atom. The van der Waals surface area contributed by atoms with Gasteiger partial charge in [-0.05, 0) is 31.5 Å². The van der Waals surface area contributed by atoms with Gasteiger partial charge in [-0.25, -0.2) is 13.8 Å². The lowest BCUT2D eigenvalue weighted by Crippen LogP contribution is -2.32. The van der Waals surface area contributed by atoms with Crippen molar-refractivity contribution in [2.24, 2.45) is 0 Å². The predicted octanol–water partition coefficient (Wildman–Crippen LogP) is 3.20. The summed E-state index contributed by atoms with van der Waals surface area (Å²) >= 11 is 1.07. The zero-order valence-electron chi connectivity index (χ0n) is 12.5. The number of nitrogens with one attached hydrogen (secondary N) is 2. The van der Waals surface area contributed by atoms with Crippen molar-refractivity contribution >= 4 is 28.3 Å². The van der Waals surface area contributed by atoms with Crippen LogP contribution in [0.4, 0.5) is 13.9 Å². The van der Waals surface area contributed by atoms with Gasteiger partial charge in [0.2, 0.25) is 0 Å². The summed E-state index contributed by atoms with van der Waals surface area (Å²) in [5.74, 6) is -3.10. The van der Waals surface area contributed by atoms with E-state index in [-0.39, 0.29) is 28.3 Å². The van der Waals surface area contributed by atoms with Crippen molar-refractivity contribution in [2.45, 2.75) is 26.3 Å². The van der Waals surface area contributed by atoms with Crippen LogP contribution >= 0.6 is 11.3 Å². The molecule has 0 saturated heterocycles. The minimum atomic E-state index is -1.11. The molecular formula is C15H15F2N3O2S. The molecule has 0 radical (unpaired) electrons. The van der Waals surface area contributed by atoms with Crippen LogP contribution in [0.2, 0.25) is 0 Å². The van der Waals surface area contributed by atoms with Gasteiger partial charge in [0, 0.05) is 17.0 Å². The lowest BCUT2D eigenvalue weighted by atomic mass is 10.2. The van der Waals surface area contributed by atoms with Gasteiger partial charge in [0.25, 0.3) is 11.8 Å². The van der Waals surface area contributed by atoms with Crippen LogP contribution < -0.4 is 10.6 Å². The molecule has 23 heavy (non-hydrogen) atoms. The third kappa shape index (κ3) is 4.32. The van der Waals surface area contributed by atoms with Gasteiger partial charge in [-0.3, -0.25) is 14.9 Å². The summed E-state index contributed by atoms with van der Waals surface area (Å²) in [5, 5.41) is 6.92. The summed E-state index contributed by atoms with van der Waals surface area (Å²) in [5.41, 5.74) is 0.153. The molecule has 0 aliphatic carbocycles. The van der Waals surface area contributed by atoms with Crippen molar-refractivity contribution in [3.05, 3.63) is 46.5 Å². The molecule has 2 amide bonds. The first-order valence-electron chi connectivity index (χ1n) is 6.93. The molecule has 5 nitrogen and oxygen atoms in total. The fraction of sp³-hybridized carbons (Fsp3) is 0.267. The van der Waals surface area contributed by atoms with Crippen LogP contribution in [-0.2, 0) is 0 Å². The monoisotopic (exact) mass is 339 g/mol. The molecule has 2 aromatic rings. The Morgan fingerprint density at radius 2 is 2.00 bits per heavy atom. The topological polar surface area (TPSA) is 71.1 Å². The Balaban J connectivity index is 2.05. The van der Waals surface area contributed by atoms with E-state index in [9.17, 15) is 18.4 Å². The number of anilines is 1. The number of amides is 2. The number of rotatable bonds is 5. The van der Waals surface area contributed by atoms with Crippen molar-refractivity contribution in [2.75, 3.05) is 5.32 Å². The molecule has 1 atom stereocenters. The van der Waals surface area contributed by atoms with Gasteiger partial charge in [0.1, 0.15) is 5.69 Å². The molecule has 0 aliphatic rings. The van der Waals surface area contributed by atoms with E-state index < -0.39 is 17.5 Å². The number of carbonyl (C=O) groups excluding carboxylic acids is 2. The van der Waals surface area contributed by atoms with E-state index in [0.717, 1.165) is 36.0 Å². The molecule has 2 rings (SSSR count). The van der Waals surface area contributed by atoms with Crippen molar-refractivity contribution in [1.29, 1.82) is 0 Å². The van der Waals surface area contributed by atoms with Crippen molar-refractivity contribution < 1.29 is 18.4 Å². The third-order valence-corrected chi connectivity index (χ3v) is 3.89. The number of carbonyl (C=O) groups is 2. The second-order valence-corrected chi connectivity index (χ2v) is 5.76. The van der Waals surface area contributed by atoms with Crippen LogP contribution in [0, 0.1) is 11.6 Å². The van der Waals surface area contributed by atoms with E-state index in [1.54, 1.807) is 0 Å². The molecule has 2 N–H and O–H groups in total. The average molecular weight is 339 g/mol. The normalized spacial score (nSPS) is 11.8. The molecular weight excluding hydrogens is 324 g/mol. The number of aromatic nitrogens is 1. The number of halogens is 2. The quantitative estimate of drug-likeness (QED) is 0.879. The zero-order valence-corrected chi connectivity index (χ0v) is 13.3. The molecule has 0 bridgehead atoms. The first-order valence-corrected chi connectivity index (χ1v) is 7.81. The maximum absolute atomic E-state index is 13.1. The Bertz CT molecular complexity index is 733. The highest BCUT2D eigenvalue weighted by Gasteiger charge is 2.15. The van der Waals surface area contributed by atoms with Gasteiger partial charge >= 0.3 is 0 Å². The predicted molar refractivity (Wildman–Crippen MR) is 83.6 cm³/mol. The average Bonchev–Trinajstić information content (AvgIpc) is 2.98. The van der Waals surface area contributed by atoms with E-state index in [1.165, 1.54) is 5.38 Å². The highest BCUT2D eigenvalue weighted by Crippen LogP contribution is 2.17. The molecule has 8 heteroatoms. The van der Waals surface area contributed by atoms with Gasteiger partial charge in [0.15, 0.2) is 16.8 Å². The van der Waals surface area contributed by atoms with Crippen LogP contribution in [0.1, 0.15) is 41.1 Å². The number of hydrogen-bond acceptors (Lipinski definition) is 4. The lowest BCUT2D eigenvalue weighted by Gasteiger charge is -2.09. The zero-order chi connectivity index (χ0) is 17.0. The van der Waals surface area contributed by atoms with E-state index in [2.05, 4.69) is 15.6 Å². The minimum absolute atomic E-state index is 0.0180. The molecule has 1 heterocycles. The van der Waals surface area contributed by atoms with E-state index >= 15 is 0 Å². The van der Waals surface area contributed by atoms with Gasteiger partial charge in [-0.2, -0.15) is 0 Å². The molecule has 1 aromatic carbocycles. The van der Waals surface area contributed by atoms with Gasteiger partial charge in [-0.1, -0.05) is 6.92 Å². The fourth-order valence-electron chi connectivity index (χ4n) is 1.64. The molecule has 0 unspecified atom stereocenters. The van der Waals surface area contributed by atoms with Crippen LogP contribution in [-0.4, -0.2) is 22.8 Å². The van der Waals surface area contributed by atoms with Crippen molar-refractivity contribution in [3.63, 3.8) is 0 Å². The first-order chi connectivity index (χ1) is 10.9. The SMILES string of the molecule is CC[C@H](C)NC(=O)c1csc(NC(=O)c2ccc(F)c(F)c2)n1. The summed E-state index contributed by atoms with van der Waals surface area (Å²) in [6.07, 6.45) is 0.787. The second-order valence-electron chi connectivity index (χ2n) is 4.90. The van der Waals surface area contributed by atoms with E-state index in [1.807, 2.05) is 13.8 Å². The van der Waals surface area contributed by atoms with E-state index in [4.69, 9.17) is 0 Å². The smallest absolute Gasteiger partial charge is 0.271 e. The molecule has 0 fully saturated rings. The minimum Gasteiger partial charge on any atom is -0.348 e. The third-order valence-electron chi connectivity index (χ3n) is 3.13.